The minimum atomic E-state index is 0.756. The van der Waals surface area contributed by atoms with Crippen LogP contribution in [0.2, 0.25) is 0 Å². The second kappa shape index (κ2) is 11.8. The molecule has 0 bridgehead atoms. The normalized spacial score (nSPS) is 8.24. The minimum Gasteiger partial charge on any atom is -0.493 e. The molecule has 0 saturated carbocycles. The van der Waals surface area contributed by atoms with Crippen LogP contribution in [0.4, 0.5) is 0 Å². The molecule has 0 N–H and O–H groups in total. The summed E-state index contributed by atoms with van der Waals surface area (Å²) in [6.45, 7) is 10.1. The van der Waals surface area contributed by atoms with E-state index in [0.29, 0.717) is 0 Å². The molecule has 0 amide bonds. The molecule has 1 aromatic rings. The first-order chi connectivity index (χ1) is 8.22. The Labute approximate surface area is 114 Å². The predicted octanol–water partition coefficient (Wildman–Crippen LogP) is 5.08. The second-order valence-corrected chi connectivity index (χ2v) is 3.51. The van der Waals surface area contributed by atoms with Crippen LogP contribution in [0, 0.1) is 0 Å². The molecule has 0 unspecified atom stereocenters. The average molecular weight is 305 g/mol. The lowest BCUT2D eigenvalue weighted by molar-refractivity contribution is 0.354. The molecule has 0 atom stereocenters. The predicted molar refractivity (Wildman–Crippen MR) is 79.3 cm³/mol. The van der Waals surface area contributed by atoms with Crippen molar-refractivity contribution >= 4 is 15.9 Å². The first-order valence-corrected chi connectivity index (χ1v) is 6.92. The number of rotatable bonds is 3. The maximum atomic E-state index is 5.19. The maximum Gasteiger partial charge on any atom is 0.161 e. The SMILES string of the molecule is CC.CC.CCc1cc(OC)c(OC)cc1Br. The highest BCUT2D eigenvalue weighted by Crippen LogP contribution is 2.33. The summed E-state index contributed by atoms with van der Waals surface area (Å²) in [5.74, 6) is 1.54. The molecule has 0 heterocycles. The third-order valence-corrected chi connectivity index (χ3v) is 2.67. The fraction of sp³-hybridized carbons (Fsp3) is 0.571. The zero-order valence-corrected chi connectivity index (χ0v) is 13.6. The van der Waals surface area contributed by atoms with Gasteiger partial charge in [0.1, 0.15) is 0 Å². The molecule has 3 heteroatoms. The van der Waals surface area contributed by atoms with Gasteiger partial charge in [0.25, 0.3) is 0 Å². The van der Waals surface area contributed by atoms with Crippen LogP contribution in [0.25, 0.3) is 0 Å². The number of ether oxygens (including phenoxy) is 2. The smallest absolute Gasteiger partial charge is 0.161 e. The van der Waals surface area contributed by atoms with Gasteiger partial charge >= 0.3 is 0 Å². The van der Waals surface area contributed by atoms with E-state index in [1.54, 1.807) is 14.2 Å². The summed E-state index contributed by atoms with van der Waals surface area (Å²) in [6.07, 6.45) is 0.973. The lowest BCUT2D eigenvalue weighted by Gasteiger charge is -2.10. The first-order valence-electron chi connectivity index (χ1n) is 6.13. The fourth-order valence-electron chi connectivity index (χ4n) is 1.17. The summed E-state index contributed by atoms with van der Waals surface area (Å²) in [7, 11) is 3.28. The van der Waals surface area contributed by atoms with Crippen molar-refractivity contribution in [3.05, 3.63) is 22.2 Å². The highest BCUT2D eigenvalue weighted by Gasteiger charge is 2.07. The van der Waals surface area contributed by atoms with Crippen LogP contribution in [0.1, 0.15) is 40.2 Å². The Bertz CT molecular complexity index is 299. The number of benzene rings is 1. The molecule has 2 nitrogen and oxygen atoms in total. The third kappa shape index (κ3) is 5.97. The van der Waals surface area contributed by atoms with Gasteiger partial charge < -0.3 is 9.47 Å². The van der Waals surface area contributed by atoms with Gasteiger partial charge in [-0.1, -0.05) is 50.5 Å². The van der Waals surface area contributed by atoms with Crippen LogP contribution >= 0.6 is 15.9 Å². The Hall–Kier alpha value is -0.700. The van der Waals surface area contributed by atoms with Gasteiger partial charge in [0.2, 0.25) is 0 Å². The van der Waals surface area contributed by atoms with E-state index in [4.69, 9.17) is 9.47 Å². The number of hydrogen-bond donors (Lipinski definition) is 0. The molecule has 0 aliphatic heterocycles. The van der Waals surface area contributed by atoms with E-state index in [1.165, 1.54) is 5.56 Å². The van der Waals surface area contributed by atoms with Crippen molar-refractivity contribution in [3.8, 4) is 11.5 Å². The van der Waals surface area contributed by atoms with Gasteiger partial charge in [-0.05, 0) is 24.1 Å². The Morgan fingerprint density at radius 1 is 0.941 bits per heavy atom. The summed E-state index contributed by atoms with van der Waals surface area (Å²) in [6, 6.07) is 3.92. The van der Waals surface area contributed by atoms with Crippen molar-refractivity contribution in [1.82, 2.24) is 0 Å². The van der Waals surface area contributed by atoms with Crippen LogP contribution in [-0.4, -0.2) is 14.2 Å². The first kappa shape index (κ1) is 18.7. The molecule has 0 saturated heterocycles. The van der Waals surface area contributed by atoms with Gasteiger partial charge in [-0.3, -0.25) is 0 Å². The zero-order chi connectivity index (χ0) is 13.8. The van der Waals surface area contributed by atoms with E-state index in [-0.39, 0.29) is 0 Å². The lowest BCUT2D eigenvalue weighted by atomic mass is 10.1. The molecular formula is C14H25BrO2. The molecule has 1 aromatic carbocycles. The van der Waals surface area contributed by atoms with E-state index < -0.39 is 0 Å². The molecule has 0 spiro atoms. The zero-order valence-electron chi connectivity index (χ0n) is 12.1. The average Bonchev–Trinajstić information content (AvgIpc) is 2.42. The van der Waals surface area contributed by atoms with Crippen molar-refractivity contribution in [1.29, 1.82) is 0 Å². The molecule has 0 aliphatic carbocycles. The molecule has 1 rings (SSSR count). The van der Waals surface area contributed by atoms with E-state index >= 15 is 0 Å². The largest absolute Gasteiger partial charge is 0.493 e. The van der Waals surface area contributed by atoms with Crippen molar-refractivity contribution < 1.29 is 9.47 Å². The highest BCUT2D eigenvalue weighted by molar-refractivity contribution is 9.10. The van der Waals surface area contributed by atoms with Crippen molar-refractivity contribution in [2.45, 2.75) is 41.0 Å². The molecule has 17 heavy (non-hydrogen) atoms. The van der Waals surface area contributed by atoms with Gasteiger partial charge in [-0.15, -0.1) is 0 Å². The number of aryl methyl sites for hydroxylation is 1. The Morgan fingerprint density at radius 2 is 1.35 bits per heavy atom. The fourth-order valence-corrected chi connectivity index (χ4v) is 1.77. The van der Waals surface area contributed by atoms with Crippen LogP contribution in [0.3, 0.4) is 0 Å². The lowest BCUT2D eigenvalue weighted by Crippen LogP contribution is -1.93. The second-order valence-electron chi connectivity index (χ2n) is 2.65. The van der Waals surface area contributed by atoms with Gasteiger partial charge in [-0.2, -0.15) is 0 Å². The topological polar surface area (TPSA) is 18.5 Å². The van der Waals surface area contributed by atoms with E-state index in [2.05, 4.69) is 22.9 Å². The van der Waals surface area contributed by atoms with E-state index in [9.17, 15) is 0 Å². The Balaban J connectivity index is 0. The summed E-state index contributed by atoms with van der Waals surface area (Å²) >= 11 is 3.48. The van der Waals surface area contributed by atoms with Crippen molar-refractivity contribution in [3.63, 3.8) is 0 Å². The summed E-state index contributed by atoms with van der Waals surface area (Å²) in [5.41, 5.74) is 1.22. The molecule has 0 fully saturated rings. The summed E-state index contributed by atoms with van der Waals surface area (Å²) < 4.78 is 11.4. The highest BCUT2D eigenvalue weighted by atomic mass is 79.9. The van der Waals surface area contributed by atoms with Gasteiger partial charge in [0.05, 0.1) is 14.2 Å². The third-order valence-electron chi connectivity index (χ3n) is 1.93. The molecular weight excluding hydrogens is 280 g/mol. The quantitative estimate of drug-likeness (QED) is 0.775. The van der Waals surface area contributed by atoms with Crippen LogP contribution in [0.5, 0.6) is 11.5 Å². The molecule has 0 aromatic heterocycles. The molecule has 0 aliphatic rings. The Kier molecular flexibility index (Phi) is 12.9. The van der Waals surface area contributed by atoms with Gasteiger partial charge in [-0.25, -0.2) is 0 Å². The van der Waals surface area contributed by atoms with Gasteiger partial charge in [0, 0.05) is 4.47 Å². The number of halogens is 1. The number of methoxy groups -OCH3 is 2. The maximum absolute atomic E-state index is 5.19. The summed E-state index contributed by atoms with van der Waals surface area (Å²) in [4.78, 5) is 0. The Morgan fingerprint density at radius 3 is 1.71 bits per heavy atom. The standard InChI is InChI=1S/C10H13BrO2.2C2H6/c1-4-7-5-9(12-2)10(13-3)6-8(7)11;2*1-2/h5-6H,4H2,1-3H3;2*1-2H3. The minimum absolute atomic E-state index is 0.756. The van der Waals surface area contributed by atoms with Crippen LogP contribution in [0.15, 0.2) is 16.6 Å². The summed E-state index contributed by atoms with van der Waals surface area (Å²) in [5, 5.41) is 0. The number of hydrogen-bond acceptors (Lipinski definition) is 2. The van der Waals surface area contributed by atoms with E-state index in [0.717, 1.165) is 22.4 Å². The van der Waals surface area contributed by atoms with Crippen LogP contribution in [-0.2, 0) is 6.42 Å². The van der Waals surface area contributed by atoms with Crippen LogP contribution < -0.4 is 9.47 Å². The van der Waals surface area contributed by atoms with Crippen molar-refractivity contribution in [2.24, 2.45) is 0 Å². The molecule has 0 radical (unpaired) electrons. The van der Waals surface area contributed by atoms with Gasteiger partial charge in [0.15, 0.2) is 11.5 Å². The van der Waals surface area contributed by atoms with Crippen molar-refractivity contribution in [2.75, 3.05) is 14.2 Å². The monoisotopic (exact) mass is 304 g/mol. The van der Waals surface area contributed by atoms with E-state index in [1.807, 2.05) is 39.8 Å². The molecule has 100 valence electrons.